The van der Waals surface area contributed by atoms with E-state index in [-0.39, 0.29) is 16.2 Å². The molecule has 34 heavy (non-hydrogen) atoms. The summed E-state index contributed by atoms with van der Waals surface area (Å²) in [5, 5.41) is -0.758. The lowest BCUT2D eigenvalue weighted by atomic mass is 9.79. The van der Waals surface area contributed by atoms with E-state index in [1.165, 1.54) is 0 Å². The molecule has 0 radical (unpaired) electrons. The Kier molecular flexibility index (Phi) is 2.26. The van der Waals surface area contributed by atoms with Gasteiger partial charge in [0.2, 0.25) is 0 Å². The first-order valence-electron chi connectivity index (χ1n) is 18.6. The molecule has 0 aliphatic carbocycles. The van der Waals surface area contributed by atoms with Crippen LogP contribution < -0.4 is 5.46 Å². The first-order chi connectivity index (χ1) is 23.0. The molecule has 0 bridgehead atoms. The molecule has 1 saturated heterocycles. The number of nitrogens with zero attached hydrogens (tertiary/aromatic N) is 1. The zero-order valence-corrected chi connectivity index (χ0v) is 18.8. The highest BCUT2D eigenvalue weighted by Gasteiger charge is 2.51. The van der Waals surface area contributed by atoms with Crippen molar-refractivity contribution in [3.05, 3.63) is 96.7 Å². The van der Waals surface area contributed by atoms with Crippen molar-refractivity contribution in [2.45, 2.75) is 38.9 Å². The summed E-state index contributed by atoms with van der Waals surface area (Å²) in [7, 11) is -1.32. The molecule has 0 amide bonds. The molecule has 168 valence electrons. The van der Waals surface area contributed by atoms with Gasteiger partial charge in [0, 0.05) is 16.5 Å². The molecule has 0 saturated carbocycles. The molecule has 3 nitrogen and oxygen atoms in total. The maximum Gasteiger partial charge on any atom is 0.494 e. The van der Waals surface area contributed by atoms with E-state index in [4.69, 9.17) is 29.9 Å². The van der Waals surface area contributed by atoms with E-state index in [1.807, 2.05) is 0 Å². The Morgan fingerprint density at radius 3 is 1.97 bits per heavy atom. The van der Waals surface area contributed by atoms with Gasteiger partial charge in [0.05, 0.1) is 44.2 Å². The summed E-state index contributed by atoms with van der Waals surface area (Å²) in [6, 6.07) is -11.5. The van der Waals surface area contributed by atoms with E-state index in [0.717, 1.165) is 4.57 Å². The van der Waals surface area contributed by atoms with Crippen molar-refractivity contribution in [3.63, 3.8) is 0 Å². The largest absolute Gasteiger partial charge is 0.494 e. The van der Waals surface area contributed by atoms with Crippen LogP contribution in [0.3, 0.4) is 0 Å². The second-order valence-electron chi connectivity index (χ2n) is 8.88. The second kappa shape index (κ2) is 7.59. The third-order valence-corrected chi connectivity index (χ3v) is 6.25. The van der Waals surface area contributed by atoms with Crippen molar-refractivity contribution in [1.29, 1.82) is 0 Å². The Labute approximate surface area is 223 Å². The van der Waals surface area contributed by atoms with Crippen LogP contribution in [0.15, 0.2) is 96.7 Å². The highest BCUT2D eigenvalue weighted by atomic mass is 16.7. The fourth-order valence-electron chi connectivity index (χ4n) is 3.74. The van der Waals surface area contributed by atoms with Gasteiger partial charge >= 0.3 is 7.12 Å². The summed E-state index contributed by atoms with van der Waals surface area (Å²) >= 11 is 0. The number of hydrogen-bond acceptors (Lipinski definition) is 2. The Morgan fingerprint density at radius 2 is 1.26 bits per heavy atom. The fraction of sp³-hybridized carbons (Fsp3) is 0.200. The molecular formula is C30H28BNO2. The second-order valence-corrected chi connectivity index (χ2v) is 8.88. The van der Waals surface area contributed by atoms with Crippen LogP contribution in [-0.4, -0.2) is 22.9 Å². The van der Waals surface area contributed by atoms with Gasteiger partial charge in [-0.3, -0.25) is 0 Å². The number of rotatable bonds is 3. The van der Waals surface area contributed by atoms with Crippen molar-refractivity contribution in [2.24, 2.45) is 0 Å². The number of benzene rings is 4. The predicted molar refractivity (Wildman–Crippen MR) is 142 cm³/mol. The minimum absolute atomic E-state index is 0.234. The van der Waals surface area contributed by atoms with Crippen LogP contribution in [0.2, 0.25) is 0 Å². The van der Waals surface area contributed by atoms with Crippen molar-refractivity contribution >= 4 is 34.4 Å². The monoisotopic (exact) mass is 461 g/mol. The summed E-state index contributed by atoms with van der Waals surface area (Å²) in [5.74, 6) is 0. The van der Waals surface area contributed by atoms with Crippen LogP contribution in [-0.2, 0) is 9.31 Å². The standard InChI is InChI=1S/C30H28BNO2/c1-29(2)30(3,4)34-31(33-29)23-15-17-24(18-16-23)32-27-13-9-8-12-25(27)26-20-22(14-19-28(26)32)21-10-6-5-7-11-21/h5-20H,1-4H3/i5D,6D,7D,8D,9D,10D,11D,12D,13D,14D,15D,16D,17D,18D,19D,20D. The summed E-state index contributed by atoms with van der Waals surface area (Å²) < 4.78 is 152. The smallest absolute Gasteiger partial charge is 0.399 e. The summed E-state index contributed by atoms with van der Waals surface area (Å²) in [6.45, 7) is 6.98. The number of hydrogen-bond donors (Lipinski definition) is 0. The normalized spacial score (nSPS) is 23.6. The Morgan fingerprint density at radius 1 is 0.647 bits per heavy atom. The molecule has 4 heteroatoms. The van der Waals surface area contributed by atoms with Crippen LogP contribution in [0.1, 0.15) is 49.6 Å². The van der Waals surface area contributed by atoms with E-state index < -0.39 is 143 Å². The van der Waals surface area contributed by atoms with Crippen LogP contribution >= 0.6 is 0 Å². The van der Waals surface area contributed by atoms with Gasteiger partial charge < -0.3 is 13.9 Å². The average Bonchev–Trinajstić information content (AvgIpc) is 3.50. The molecule has 4 aromatic carbocycles. The number of para-hydroxylation sites is 1. The molecule has 1 aliphatic rings. The Hall–Kier alpha value is -3.34. The third-order valence-electron chi connectivity index (χ3n) is 6.25. The summed E-state index contributed by atoms with van der Waals surface area (Å²) in [6.07, 6.45) is 0. The lowest BCUT2D eigenvalue weighted by Gasteiger charge is -2.32. The summed E-state index contributed by atoms with van der Waals surface area (Å²) in [5.41, 5.74) is -4.58. The van der Waals surface area contributed by atoms with Crippen molar-refractivity contribution in [2.75, 3.05) is 0 Å². The number of aromatic nitrogens is 1. The SMILES string of the molecule is [2H]c1c([2H])c([2H])c(-c2c([2H])c([2H])c3c(c2[2H])c2c([2H])c([2H])c([2H])c([2H])c2n3-c2c([2H])c([2H])c(B3OC(C)(C)C(C)(C)O3)c([2H])c2[2H])c([2H])c1[2H]. The van der Waals surface area contributed by atoms with E-state index in [1.54, 1.807) is 27.7 Å². The molecule has 2 heterocycles. The highest BCUT2D eigenvalue weighted by Crippen LogP contribution is 2.37. The maximum atomic E-state index is 9.26. The van der Waals surface area contributed by atoms with Crippen molar-refractivity contribution in [3.8, 4) is 16.8 Å². The van der Waals surface area contributed by atoms with Gasteiger partial charge in [-0.2, -0.15) is 0 Å². The van der Waals surface area contributed by atoms with Crippen LogP contribution in [0.25, 0.3) is 38.6 Å². The summed E-state index contributed by atoms with van der Waals surface area (Å²) in [4.78, 5) is 0. The molecule has 1 aromatic heterocycles. The van der Waals surface area contributed by atoms with Gasteiger partial charge in [-0.15, -0.1) is 0 Å². The molecule has 0 unspecified atom stereocenters. The van der Waals surface area contributed by atoms with Crippen LogP contribution in [0.4, 0.5) is 0 Å². The van der Waals surface area contributed by atoms with E-state index >= 15 is 0 Å². The molecule has 1 aliphatic heterocycles. The molecule has 0 atom stereocenters. The zero-order valence-electron chi connectivity index (χ0n) is 34.8. The molecule has 0 spiro atoms. The maximum absolute atomic E-state index is 9.26. The lowest BCUT2D eigenvalue weighted by Crippen LogP contribution is -2.41. The van der Waals surface area contributed by atoms with E-state index in [0.29, 0.717) is 0 Å². The minimum Gasteiger partial charge on any atom is -0.399 e. The Balaban J connectivity index is 1.82. The molecule has 0 N–H and O–H groups in total. The first-order valence-corrected chi connectivity index (χ1v) is 10.6. The molecule has 1 fully saturated rings. The first kappa shape index (κ1) is 10.1. The number of fused-ring (bicyclic) bond motifs is 3. The van der Waals surface area contributed by atoms with Crippen molar-refractivity contribution < 1.29 is 31.2 Å². The molecular weight excluding hydrogens is 417 g/mol. The zero-order chi connectivity index (χ0) is 37.4. The highest BCUT2D eigenvalue weighted by molar-refractivity contribution is 6.62. The quantitative estimate of drug-likeness (QED) is 0.278. The van der Waals surface area contributed by atoms with Gasteiger partial charge in [-0.05, 0) is 74.5 Å². The van der Waals surface area contributed by atoms with E-state index in [2.05, 4.69) is 0 Å². The molecule has 5 aromatic rings. The van der Waals surface area contributed by atoms with Crippen LogP contribution in [0.5, 0.6) is 0 Å². The van der Waals surface area contributed by atoms with Gasteiger partial charge in [0.25, 0.3) is 0 Å². The van der Waals surface area contributed by atoms with Crippen LogP contribution in [0, 0.1) is 0 Å². The predicted octanol–water partition coefficient (Wildman–Crippen LogP) is 6.75. The Bertz CT molecular complexity index is 2300. The van der Waals surface area contributed by atoms with Crippen molar-refractivity contribution in [1.82, 2.24) is 4.57 Å². The average molecular weight is 461 g/mol. The van der Waals surface area contributed by atoms with Gasteiger partial charge in [0.1, 0.15) is 0 Å². The molecule has 6 rings (SSSR count). The topological polar surface area (TPSA) is 23.4 Å². The fourth-order valence-corrected chi connectivity index (χ4v) is 3.74. The lowest BCUT2D eigenvalue weighted by molar-refractivity contribution is 0.00578. The van der Waals surface area contributed by atoms with Gasteiger partial charge in [-0.1, -0.05) is 66.5 Å². The van der Waals surface area contributed by atoms with E-state index in [9.17, 15) is 1.37 Å². The minimum atomic E-state index is -1.32. The third kappa shape index (κ3) is 3.29. The van der Waals surface area contributed by atoms with Gasteiger partial charge in [0.15, 0.2) is 0 Å². The van der Waals surface area contributed by atoms with Gasteiger partial charge in [-0.25, -0.2) is 0 Å².